The number of H-pyrrole nitrogens is 1. The molecule has 4 aromatic rings. The molecule has 1 atom stereocenters. The number of carbonyl (C=O) groups excluding carboxylic acids is 1. The second-order valence-electron chi connectivity index (χ2n) is 8.80. The van der Waals surface area contributed by atoms with Gasteiger partial charge in [0.15, 0.2) is 5.16 Å². The SMILES string of the molecule is CCOC(=O)C1=C(c2ccccc2)Nc2nc(SCc3ccccc3Cl)[nH]c(=O)c2C1c1ccc([N+](=O)[O-])cc1. The van der Waals surface area contributed by atoms with E-state index in [1.54, 1.807) is 25.1 Å². The second kappa shape index (κ2) is 11.8. The van der Waals surface area contributed by atoms with E-state index in [-0.39, 0.29) is 29.2 Å². The van der Waals surface area contributed by atoms with E-state index >= 15 is 0 Å². The number of anilines is 1. The Bertz CT molecular complexity index is 1670. The van der Waals surface area contributed by atoms with Gasteiger partial charge >= 0.3 is 5.97 Å². The molecule has 0 bridgehead atoms. The molecule has 1 unspecified atom stereocenters. The van der Waals surface area contributed by atoms with Crippen LogP contribution in [0.4, 0.5) is 11.5 Å². The van der Waals surface area contributed by atoms with Crippen LogP contribution < -0.4 is 10.9 Å². The third kappa shape index (κ3) is 5.49. The van der Waals surface area contributed by atoms with E-state index in [9.17, 15) is 19.7 Å². The van der Waals surface area contributed by atoms with Crippen molar-refractivity contribution < 1.29 is 14.5 Å². The number of carbonyl (C=O) groups is 1. The Labute approximate surface area is 238 Å². The molecule has 0 aliphatic carbocycles. The number of fused-ring (bicyclic) bond motifs is 1. The van der Waals surface area contributed by atoms with Gasteiger partial charge in [0.1, 0.15) is 5.82 Å². The van der Waals surface area contributed by atoms with Crippen LogP contribution >= 0.6 is 23.4 Å². The Kier molecular flexibility index (Phi) is 7.99. The molecule has 1 aliphatic rings. The van der Waals surface area contributed by atoms with Gasteiger partial charge in [0.2, 0.25) is 0 Å². The van der Waals surface area contributed by atoms with Crippen molar-refractivity contribution in [2.45, 2.75) is 23.8 Å². The van der Waals surface area contributed by atoms with Crippen LogP contribution in [-0.4, -0.2) is 27.5 Å². The molecule has 9 nitrogen and oxygen atoms in total. The number of rotatable bonds is 8. The lowest BCUT2D eigenvalue weighted by molar-refractivity contribution is -0.384. The maximum absolute atomic E-state index is 13.6. The van der Waals surface area contributed by atoms with Gasteiger partial charge < -0.3 is 15.0 Å². The van der Waals surface area contributed by atoms with Gasteiger partial charge in [0, 0.05) is 22.9 Å². The quantitative estimate of drug-likeness (QED) is 0.0842. The molecule has 0 radical (unpaired) electrons. The number of benzene rings is 3. The summed E-state index contributed by atoms with van der Waals surface area (Å²) in [5.74, 6) is -0.756. The Hall–Kier alpha value is -4.41. The topological polar surface area (TPSA) is 127 Å². The lowest BCUT2D eigenvalue weighted by Gasteiger charge is -2.30. The van der Waals surface area contributed by atoms with Crippen molar-refractivity contribution in [2.24, 2.45) is 0 Å². The fourth-order valence-corrected chi connectivity index (χ4v) is 5.66. The van der Waals surface area contributed by atoms with Crippen molar-refractivity contribution in [3.63, 3.8) is 0 Å². The highest BCUT2D eigenvalue weighted by molar-refractivity contribution is 7.98. The Balaban J connectivity index is 1.67. The zero-order valence-corrected chi connectivity index (χ0v) is 22.8. The number of aromatic amines is 1. The molecule has 3 aromatic carbocycles. The molecule has 40 heavy (non-hydrogen) atoms. The van der Waals surface area contributed by atoms with E-state index in [4.69, 9.17) is 21.3 Å². The number of nitrogens with one attached hydrogen (secondary N) is 2. The molecule has 0 fully saturated rings. The first-order chi connectivity index (χ1) is 19.4. The number of nitro groups is 1. The lowest BCUT2D eigenvalue weighted by atomic mass is 9.81. The zero-order chi connectivity index (χ0) is 28.2. The second-order valence-corrected chi connectivity index (χ2v) is 10.2. The summed E-state index contributed by atoms with van der Waals surface area (Å²) in [5, 5.41) is 15.5. The monoisotopic (exact) mass is 574 g/mol. The van der Waals surface area contributed by atoms with Crippen LogP contribution in [0.25, 0.3) is 5.70 Å². The number of esters is 1. The first kappa shape index (κ1) is 27.2. The zero-order valence-electron chi connectivity index (χ0n) is 21.2. The number of aromatic nitrogens is 2. The maximum Gasteiger partial charge on any atom is 0.337 e. The van der Waals surface area contributed by atoms with E-state index in [1.807, 2.05) is 48.5 Å². The lowest BCUT2D eigenvalue weighted by Crippen LogP contribution is -2.31. The van der Waals surface area contributed by atoms with E-state index in [1.165, 1.54) is 23.9 Å². The molecular formula is C29H23ClN4O5S. The maximum atomic E-state index is 13.6. The highest BCUT2D eigenvalue weighted by Gasteiger charge is 2.38. The summed E-state index contributed by atoms with van der Waals surface area (Å²) in [6.07, 6.45) is 0. The van der Waals surface area contributed by atoms with Gasteiger partial charge in [-0.15, -0.1) is 0 Å². The number of ether oxygens (including phenoxy) is 1. The van der Waals surface area contributed by atoms with Crippen molar-refractivity contribution in [2.75, 3.05) is 11.9 Å². The molecule has 202 valence electrons. The standard InChI is InChI=1S/C29H23ClN4O5S/c1-2-39-28(36)23-22(17-12-14-20(15-13-17)34(37)38)24-26(31-25(23)18-8-4-3-5-9-18)32-29(33-27(24)35)40-16-19-10-6-7-11-21(19)30/h3-15,22H,2,16H2,1H3,(H2,31,32,33,35). The summed E-state index contributed by atoms with van der Waals surface area (Å²) in [6.45, 7) is 1.82. The number of hydrogen-bond donors (Lipinski definition) is 2. The molecule has 1 aromatic heterocycles. The number of non-ortho nitro benzene ring substituents is 1. The van der Waals surface area contributed by atoms with Crippen molar-refractivity contribution in [3.05, 3.63) is 132 Å². The van der Waals surface area contributed by atoms with Crippen LogP contribution in [-0.2, 0) is 15.3 Å². The molecule has 5 rings (SSSR count). The molecule has 0 saturated carbocycles. The Morgan fingerprint density at radius 3 is 2.45 bits per heavy atom. The van der Waals surface area contributed by atoms with Gasteiger partial charge in [-0.1, -0.05) is 84.0 Å². The van der Waals surface area contributed by atoms with Gasteiger partial charge in [-0.05, 0) is 29.7 Å². The third-order valence-corrected chi connectivity index (χ3v) is 7.63. The average molecular weight is 575 g/mol. The number of hydrogen-bond acceptors (Lipinski definition) is 8. The summed E-state index contributed by atoms with van der Waals surface area (Å²) in [7, 11) is 0. The smallest absolute Gasteiger partial charge is 0.337 e. The predicted octanol–water partition coefficient (Wildman–Crippen LogP) is 6.16. The van der Waals surface area contributed by atoms with Crippen LogP contribution in [0.2, 0.25) is 5.02 Å². The normalized spacial score (nSPS) is 14.3. The van der Waals surface area contributed by atoms with Crippen LogP contribution in [0.3, 0.4) is 0 Å². The number of nitro benzene ring substituents is 1. The Morgan fingerprint density at radius 2 is 1.77 bits per heavy atom. The number of nitrogens with zero attached hydrogens (tertiary/aromatic N) is 2. The highest BCUT2D eigenvalue weighted by Crippen LogP contribution is 2.43. The minimum absolute atomic E-state index is 0.110. The van der Waals surface area contributed by atoms with Gasteiger partial charge in [0.05, 0.1) is 34.3 Å². The fourth-order valence-electron chi connectivity index (χ4n) is 4.51. The van der Waals surface area contributed by atoms with Crippen molar-refractivity contribution in [3.8, 4) is 0 Å². The van der Waals surface area contributed by atoms with Crippen LogP contribution in [0.5, 0.6) is 0 Å². The van der Waals surface area contributed by atoms with E-state index in [0.29, 0.717) is 32.8 Å². The molecule has 0 spiro atoms. The number of thioether (sulfide) groups is 1. The third-order valence-electron chi connectivity index (χ3n) is 6.34. The van der Waals surface area contributed by atoms with E-state index in [0.717, 1.165) is 5.56 Å². The van der Waals surface area contributed by atoms with E-state index < -0.39 is 22.4 Å². The van der Waals surface area contributed by atoms with Gasteiger partial charge in [-0.2, -0.15) is 0 Å². The molecule has 0 saturated heterocycles. The highest BCUT2D eigenvalue weighted by atomic mass is 35.5. The van der Waals surface area contributed by atoms with Gasteiger partial charge in [-0.25, -0.2) is 9.78 Å². The van der Waals surface area contributed by atoms with Crippen LogP contribution in [0.15, 0.2) is 94.4 Å². The largest absolute Gasteiger partial charge is 0.463 e. The van der Waals surface area contributed by atoms with Crippen LogP contribution in [0.1, 0.15) is 35.1 Å². The van der Waals surface area contributed by atoms with Crippen molar-refractivity contribution >= 4 is 46.5 Å². The van der Waals surface area contributed by atoms with E-state index in [2.05, 4.69) is 10.3 Å². The molecule has 0 amide bonds. The van der Waals surface area contributed by atoms with Gasteiger partial charge in [-0.3, -0.25) is 14.9 Å². The van der Waals surface area contributed by atoms with Crippen molar-refractivity contribution in [1.29, 1.82) is 0 Å². The number of halogens is 1. The summed E-state index contributed by atoms with van der Waals surface area (Å²) < 4.78 is 5.43. The van der Waals surface area contributed by atoms with Gasteiger partial charge in [0.25, 0.3) is 11.2 Å². The molecular weight excluding hydrogens is 552 g/mol. The minimum atomic E-state index is -0.898. The fraction of sp³-hybridized carbons (Fsp3) is 0.138. The summed E-state index contributed by atoms with van der Waals surface area (Å²) in [5.41, 5.74) is 2.38. The molecule has 1 aliphatic heterocycles. The first-order valence-corrected chi connectivity index (χ1v) is 13.7. The Morgan fingerprint density at radius 1 is 1.07 bits per heavy atom. The van der Waals surface area contributed by atoms with Crippen molar-refractivity contribution in [1.82, 2.24) is 9.97 Å². The first-order valence-electron chi connectivity index (χ1n) is 12.4. The predicted molar refractivity (Wildman–Crippen MR) is 154 cm³/mol. The molecule has 11 heteroatoms. The average Bonchev–Trinajstić information content (AvgIpc) is 2.96. The summed E-state index contributed by atoms with van der Waals surface area (Å²) in [6, 6.07) is 22.4. The molecule has 2 N–H and O–H groups in total. The minimum Gasteiger partial charge on any atom is -0.463 e. The molecule has 2 heterocycles. The summed E-state index contributed by atoms with van der Waals surface area (Å²) in [4.78, 5) is 45.4. The summed E-state index contributed by atoms with van der Waals surface area (Å²) >= 11 is 7.62. The van der Waals surface area contributed by atoms with Crippen LogP contribution in [0, 0.1) is 10.1 Å².